The highest BCUT2D eigenvalue weighted by Crippen LogP contribution is 2.11. The van der Waals surface area contributed by atoms with Gasteiger partial charge in [-0.1, -0.05) is 30.3 Å². The zero-order valence-electron chi connectivity index (χ0n) is 9.77. The first kappa shape index (κ1) is 11.6. The third-order valence-corrected chi connectivity index (χ3v) is 3.32. The Morgan fingerprint density at radius 2 is 1.81 bits per heavy atom. The SMILES string of the molecule is [O]C1CCN(CCCc2ccccc2)CC1. The van der Waals surface area contributed by atoms with Crippen LogP contribution in [-0.2, 0) is 11.5 Å². The Labute approximate surface area is 97.9 Å². The first-order chi connectivity index (χ1) is 7.84. The van der Waals surface area contributed by atoms with Gasteiger partial charge >= 0.3 is 0 Å². The van der Waals surface area contributed by atoms with Crippen molar-refractivity contribution in [1.82, 2.24) is 4.90 Å². The zero-order valence-corrected chi connectivity index (χ0v) is 9.77. The van der Waals surface area contributed by atoms with Crippen LogP contribution in [0.4, 0.5) is 0 Å². The van der Waals surface area contributed by atoms with Crippen LogP contribution in [0.15, 0.2) is 30.3 Å². The topological polar surface area (TPSA) is 23.1 Å². The quantitative estimate of drug-likeness (QED) is 0.761. The van der Waals surface area contributed by atoms with E-state index >= 15 is 0 Å². The molecule has 1 radical (unpaired) electrons. The van der Waals surface area contributed by atoms with Crippen molar-refractivity contribution in [2.75, 3.05) is 19.6 Å². The van der Waals surface area contributed by atoms with Crippen LogP contribution in [0, 0.1) is 0 Å². The molecule has 1 aliphatic rings. The highest BCUT2D eigenvalue weighted by Gasteiger charge is 2.17. The molecule has 0 bridgehead atoms. The molecule has 1 fully saturated rings. The molecule has 16 heavy (non-hydrogen) atoms. The van der Waals surface area contributed by atoms with Gasteiger partial charge in [0.25, 0.3) is 0 Å². The second-order valence-electron chi connectivity index (χ2n) is 4.63. The van der Waals surface area contributed by atoms with Crippen molar-refractivity contribution in [3.63, 3.8) is 0 Å². The number of likely N-dealkylation sites (tertiary alicyclic amines) is 1. The van der Waals surface area contributed by atoms with Gasteiger partial charge in [0, 0.05) is 13.1 Å². The van der Waals surface area contributed by atoms with Crippen molar-refractivity contribution in [3.8, 4) is 0 Å². The van der Waals surface area contributed by atoms with E-state index < -0.39 is 0 Å². The second-order valence-corrected chi connectivity index (χ2v) is 4.63. The minimum atomic E-state index is -0.301. The third kappa shape index (κ3) is 3.62. The van der Waals surface area contributed by atoms with Gasteiger partial charge in [0.05, 0.1) is 6.10 Å². The van der Waals surface area contributed by atoms with Gasteiger partial charge in [-0.3, -0.25) is 0 Å². The molecule has 0 aromatic heterocycles. The number of rotatable bonds is 4. The fourth-order valence-electron chi connectivity index (χ4n) is 2.28. The normalized spacial score (nSPS) is 18.8. The van der Waals surface area contributed by atoms with Crippen molar-refractivity contribution in [3.05, 3.63) is 35.9 Å². The second kappa shape index (κ2) is 6.02. The molecular formula is C14H20NO. The molecule has 2 nitrogen and oxygen atoms in total. The van der Waals surface area contributed by atoms with Crippen LogP contribution in [-0.4, -0.2) is 30.6 Å². The summed E-state index contributed by atoms with van der Waals surface area (Å²) in [6, 6.07) is 10.6. The minimum Gasteiger partial charge on any atom is -0.303 e. The van der Waals surface area contributed by atoms with Gasteiger partial charge in [-0.15, -0.1) is 0 Å². The Hall–Kier alpha value is -0.860. The van der Waals surface area contributed by atoms with Gasteiger partial charge in [0.15, 0.2) is 0 Å². The summed E-state index contributed by atoms with van der Waals surface area (Å²) in [7, 11) is 0. The number of aryl methyl sites for hydroxylation is 1. The van der Waals surface area contributed by atoms with E-state index in [2.05, 4.69) is 35.2 Å². The first-order valence-corrected chi connectivity index (χ1v) is 6.27. The van der Waals surface area contributed by atoms with Crippen LogP contribution in [0.5, 0.6) is 0 Å². The summed E-state index contributed by atoms with van der Waals surface area (Å²) in [4.78, 5) is 2.43. The van der Waals surface area contributed by atoms with Crippen LogP contribution in [0.3, 0.4) is 0 Å². The molecule has 1 aromatic rings. The summed E-state index contributed by atoms with van der Waals surface area (Å²) in [6.45, 7) is 3.15. The van der Waals surface area contributed by atoms with Gasteiger partial charge in [0.1, 0.15) is 0 Å². The van der Waals surface area contributed by atoms with E-state index in [1.807, 2.05) is 0 Å². The lowest BCUT2D eigenvalue weighted by molar-refractivity contribution is 0.0276. The van der Waals surface area contributed by atoms with Gasteiger partial charge in [-0.2, -0.15) is 0 Å². The Morgan fingerprint density at radius 1 is 1.12 bits per heavy atom. The van der Waals surface area contributed by atoms with E-state index in [0.717, 1.165) is 38.9 Å². The third-order valence-electron chi connectivity index (χ3n) is 3.32. The maximum Gasteiger partial charge on any atom is 0.0954 e. The number of hydrogen-bond acceptors (Lipinski definition) is 1. The fourth-order valence-corrected chi connectivity index (χ4v) is 2.28. The van der Waals surface area contributed by atoms with Gasteiger partial charge in [0.2, 0.25) is 0 Å². The Balaban J connectivity index is 1.65. The van der Waals surface area contributed by atoms with Crippen LogP contribution in [0.1, 0.15) is 24.8 Å². The lowest BCUT2D eigenvalue weighted by Crippen LogP contribution is -2.36. The standard InChI is InChI=1S/C14H20NO/c16-14-8-11-15(12-9-14)10-4-7-13-5-2-1-3-6-13/h1-3,5-6,14H,4,7-12H2. The average Bonchev–Trinajstić information content (AvgIpc) is 2.33. The molecule has 2 rings (SSSR count). The predicted octanol–water partition coefficient (Wildman–Crippen LogP) is 2.51. The Morgan fingerprint density at radius 3 is 2.50 bits per heavy atom. The van der Waals surface area contributed by atoms with Crippen LogP contribution >= 0.6 is 0 Å². The molecule has 0 aliphatic carbocycles. The van der Waals surface area contributed by atoms with Gasteiger partial charge < -0.3 is 4.90 Å². The molecule has 0 saturated carbocycles. The molecule has 2 heteroatoms. The zero-order chi connectivity index (χ0) is 11.2. The smallest absolute Gasteiger partial charge is 0.0954 e. The first-order valence-electron chi connectivity index (χ1n) is 6.27. The van der Waals surface area contributed by atoms with Crippen molar-refractivity contribution in [2.45, 2.75) is 31.8 Å². The number of piperidine rings is 1. The summed E-state index contributed by atoms with van der Waals surface area (Å²) < 4.78 is 0. The van der Waals surface area contributed by atoms with Crippen molar-refractivity contribution in [1.29, 1.82) is 0 Å². The number of hydrogen-bond donors (Lipinski definition) is 0. The van der Waals surface area contributed by atoms with E-state index in [-0.39, 0.29) is 6.10 Å². The molecule has 0 spiro atoms. The molecule has 1 aliphatic heterocycles. The molecule has 0 unspecified atom stereocenters. The van der Waals surface area contributed by atoms with Crippen LogP contribution in [0.25, 0.3) is 0 Å². The van der Waals surface area contributed by atoms with Crippen LogP contribution < -0.4 is 0 Å². The van der Waals surface area contributed by atoms with Crippen molar-refractivity contribution < 1.29 is 5.11 Å². The average molecular weight is 218 g/mol. The largest absolute Gasteiger partial charge is 0.303 e. The van der Waals surface area contributed by atoms with Gasteiger partial charge in [-0.25, -0.2) is 5.11 Å². The van der Waals surface area contributed by atoms with Gasteiger partial charge in [-0.05, 0) is 37.8 Å². The van der Waals surface area contributed by atoms with Crippen molar-refractivity contribution in [2.24, 2.45) is 0 Å². The van der Waals surface area contributed by atoms with E-state index in [9.17, 15) is 5.11 Å². The summed E-state index contributed by atoms with van der Waals surface area (Å²) >= 11 is 0. The molecule has 1 aromatic carbocycles. The van der Waals surface area contributed by atoms with Crippen LogP contribution in [0.2, 0.25) is 0 Å². The molecule has 1 saturated heterocycles. The predicted molar refractivity (Wildman–Crippen MR) is 64.9 cm³/mol. The summed E-state index contributed by atoms with van der Waals surface area (Å²) in [6.07, 6.45) is 3.73. The maximum atomic E-state index is 11.2. The molecule has 87 valence electrons. The van der Waals surface area contributed by atoms with E-state index in [1.54, 1.807) is 0 Å². The van der Waals surface area contributed by atoms with E-state index in [4.69, 9.17) is 0 Å². The molecule has 1 heterocycles. The molecular weight excluding hydrogens is 198 g/mol. The summed E-state index contributed by atoms with van der Waals surface area (Å²) in [5.41, 5.74) is 1.42. The van der Waals surface area contributed by atoms with E-state index in [1.165, 1.54) is 12.0 Å². The maximum absolute atomic E-state index is 11.2. The molecule has 0 N–H and O–H groups in total. The lowest BCUT2D eigenvalue weighted by Gasteiger charge is -2.28. The summed E-state index contributed by atoms with van der Waals surface area (Å²) in [5.74, 6) is 0. The Kier molecular flexibility index (Phi) is 4.37. The monoisotopic (exact) mass is 218 g/mol. The number of benzene rings is 1. The molecule has 0 amide bonds. The lowest BCUT2D eigenvalue weighted by atomic mass is 10.1. The van der Waals surface area contributed by atoms with E-state index in [0.29, 0.717) is 0 Å². The highest BCUT2D eigenvalue weighted by atomic mass is 16.3. The minimum absolute atomic E-state index is 0.301. The van der Waals surface area contributed by atoms with Crippen molar-refractivity contribution >= 4 is 0 Å². The number of nitrogens with zero attached hydrogens (tertiary/aromatic N) is 1. The summed E-state index contributed by atoms with van der Waals surface area (Å²) in [5, 5.41) is 11.2. The highest BCUT2D eigenvalue weighted by molar-refractivity contribution is 5.14. The molecule has 0 atom stereocenters. The fraction of sp³-hybridized carbons (Fsp3) is 0.571. The Bertz CT molecular complexity index is 291.